The van der Waals surface area contributed by atoms with Crippen molar-refractivity contribution in [2.75, 3.05) is 56.0 Å². The number of anilines is 2. The molecule has 1 aromatic heterocycles. The highest BCUT2D eigenvalue weighted by Gasteiger charge is 2.23. The van der Waals surface area contributed by atoms with Gasteiger partial charge in [0, 0.05) is 58.6 Å². The maximum absolute atomic E-state index is 12.8. The van der Waals surface area contributed by atoms with Crippen molar-refractivity contribution in [2.24, 2.45) is 0 Å². The lowest BCUT2D eigenvalue weighted by Gasteiger charge is -2.35. The third-order valence-corrected chi connectivity index (χ3v) is 5.31. The molecule has 0 unspecified atom stereocenters. The molecule has 0 spiro atoms. The highest BCUT2D eigenvalue weighted by Crippen LogP contribution is 2.20. The minimum atomic E-state index is -0.0230. The summed E-state index contributed by atoms with van der Waals surface area (Å²) in [5.74, 6) is 1.29. The van der Waals surface area contributed by atoms with Crippen LogP contribution in [0.1, 0.15) is 36.7 Å². The summed E-state index contributed by atoms with van der Waals surface area (Å²) >= 11 is 0. The lowest BCUT2D eigenvalue weighted by Crippen LogP contribution is -2.46. The van der Waals surface area contributed by atoms with Crippen molar-refractivity contribution in [1.29, 1.82) is 0 Å². The van der Waals surface area contributed by atoms with E-state index in [1.165, 1.54) is 5.56 Å². The second-order valence-corrected chi connectivity index (χ2v) is 7.19. The van der Waals surface area contributed by atoms with Crippen LogP contribution < -0.4 is 10.2 Å². The van der Waals surface area contributed by atoms with Crippen molar-refractivity contribution >= 4 is 17.7 Å². The highest BCUT2D eigenvalue weighted by atomic mass is 16.2. The van der Waals surface area contributed by atoms with Gasteiger partial charge in [-0.3, -0.25) is 9.69 Å². The lowest BCUT2D eigenvalue weighted by molar-refractivity contribution is 0.0773. The molecule has 3 rings (SSSR count). The SMILES string of the molecule is CCNc1nc(N2CCN(Cc3ccccc3)CC2)ncc1C(=O)N(CC)CC. The monoisotopic (exact) mass is 396 g/mol. The van der Waals surface area contributed by atoms with Gasteiger partial charge in [0.2, 0.25) is 5.95 Å². The first-order valence-corrected chi connectivity index (χ1v) is 10.6. The molecule has 7 heteroatoms. The first-order chi connectivity index (χ1) is 14.2. The van der Waals surface area contributed by atoms with Crippen molar-refractivity contribution in [3.05, 3.63) is 47.7 Å². The molecule has 1 fully saturated rings. The predicted octanol–water partition coefficient (Wildman–Crippen LogP) is 2.71. The van der Waals surface area contributed by atoms with Gasteiger partial charge in [-0.05, 0) is 26.3 Å². The van der Waals surface area contributed by atoms with E-state index >= 15 is 0 Å². The van der Waals surface area contributed by atoms with Gasteiger partial charge in [0.05, 0.1) is 0 Å². The third-order valence-electron chi connectivity index (χ3n) is 5.31. The van der Waals surface area contributed by atoms with Crippen molar-refractivity contribution in [1.82, 2.24) is 19.8 Å². The Morgan fingerprint density at radius 1 is 1.07 bits per heavy atom. The number of nitrogens with zero attached hydrogens (tertiary/aromatic N) is 5. The Morgan fingerprint density at radius 2 is 1.76 bits per heavy atom. The van der Waals surface area contributed by atoms with Crippen LogP contribution >= 0.6 is 0 Å². The summed E-state index contributed by atoms with van der Waals surface area (Å²) in [7, 11) is 0. The molecule has 2 heterocycles. The number of benzene rings is 1. The van der Waals surface area contributed by atoms with Gasteiger partial charge < -0.3 is 15.1 Å². The lowest BCUT2D eigenvalue weighted by atomic mass is 10.2. The number of hydrogen-bond donors (Lipinski definition) is 1. The molecular weight excluding hydrogens is 364 g/mol. The van der Waals surface area contributed by atoms with Crippen LogP contribution in [0.3, 0.4) is 0 Å². The van der Waals surface area contributed by atoms with Crippen molar-refractivity contribution in [3.63, 3.8) is 0 Å². The van der Waals surface area contributed by atoms with Crippen LogP contribution in [0.4, 0.5) is 11.8 Å². The van der Waals surface area contributed by atoms with Crippen LogP contribution in [0.25, 0.3) is 0 Å². The number of aromatic nitrogens is 2. The Bertz CT molecular complexity index is 785. The molecule has 0 radical (unpaired) electrons. The third kappa shape index (κ3) is 5.23. The molecule has 156 valence electrons. The van der Waals surface area contributed by atoms with Crippen LogP contribution in [0, 0.1) is 0 Å². The topological polar surface area (TPSA) is 64.6 Å². The Balaban J connectivity index is 1.68. The summed E-state index contributed by atoms with van der Waals surface area (Å²) in [4.78, 5) is 28.5. The van der Waals surface area contributed by atoms with Crippen molar-refractivity contribution < 1.29 is 4.79 Å². The summed E-state index contributed by atoms with van der Waals surface area (Å²) in [6, 6.07) is 10.6. The van der Waals surface area contributed by atoms with Gasteiger partial charge >= 0.3 is 0 Å². The summed E-state index contributed by atoms with van der Waals surface area (Å²) in [6.45, 7) is 12.7. The average Bonchev–Trinajstić information content (AvgIpc) is 2.76. The summed E-state index contributed by atoms with van der Waals surface area (Å²) in [5, 5.41) is 3.25. The van der Waals surface area contributed by atoms with Gasteiger partial charge in [-0.2, -0.15) is 4.98 Å². The molecule has 0 bridgehead atoms. The maximum atomic E-state index is 12.8. The molecule has 29 heavy (non-hydrogen) atoms. The van der Waals surface area contributed by atoms with E-state index in [2.05, 4.69) is 50.4 Å². The molecule has 1 aromatic carbocycles. The number of hydrogen-bond acceptors (Lipinski definition) is 6. The Kier molecular flexibility index (Phi) is 7.41. The molecule has 1 aliphatic heterocycles. The number of rotatable bonds is 8. The minimum Gasteiger partial charge on any atom is -0.370 e. The van der Waals surface area contributed by atoms with E-state index in [1.54, 1.807) is 11.1 Å². The molecule has 1 saturated heterocycles. The molecule has 2 aromatic rings. The Hall–Kier alpha value is -2.67. The summed E-state index contributed by atoms with van der Waals surface area (Å²) in [5.41, 5.74) is 1.88. The largest absolute Gasteiger partial charge is 0.370 e. The maximum Gasteiger partial charge on any atom is 0.259 e. The molecular formula is C22H32N6O. The number of carbonyl (C=O) groups excluding carboxylic acids is 1. The van der Waals surface area contributed by atoms with Gasteiger partial charge in [-0.15, -0.1) is 0 Å². The summed E-state index contributed by atoms with van der Waals surface area (Å²) in [6.07, 6.45) is 1.68. The fourth-order valence-electron chi connectivity index (χ4n) is 3.61. The van der Waals surface area contributed by atoms with Gasteiger partial charge in [-0.1, -0.05) is 30.3 Å². The number of nitrogens with one attached hydrogen (secondary N) is 1. The smallest absolute Gasteiger partial charge is 0.259 e. The fraction of sp³-hybridized carbons (Fsp3) is 0.500. The Labute approximate surface area is 173 Å². The van der Waals surface area contributed by atoms with Crippen LogP contribution in [0.5, 0.6) is 0 Å². The number of carbonyl (C=O) groups is 1. The van der Waals surface area contributed by atoms with E-state index in [4.69, 9.17) is 4.98 Å². The number of piperazine rings is 1. The van der Waals surface area contributed by atoms with Crippen LogP contribution in [0.2, 0.25) is 0 Å². The van der Waals surface area contributed by atoms with Crippen LogP contribution in [-0.2, 0) is 6.54 Å². The molecule has 7 nitrogen and oxygen atoms in total. The van der Waals surface area contributed by atoms with E-state index in [-0.39, 0.29) is 5.91 Å². The number of amides is 1. The van der Waals surface area contributed by atoms with Gasteiger partial charge in [0.25, 0.3) is 5.91 Å². The highest BCUT2D eigenvalue weighted by molar-refractivity contribution is 5.98. The van der Waals surface area contributed by atoms with E-state index < -0.39 is 0 Å². The average molecular weight is 397 g/mol. The summed E-state index contributed by atoms with van der Waals surface area (Å²) < 4.78 is 0. The van der Waals surface area contributed by atoms with E-state index in [0.717, 1.165) is 32.7 Å². The second-order valence-electron chi connectivity index (χ2n) is 7.19. The quantitative estimate of drug-likeness (QED) is 0.740. The molecule has 0 atom stereocenters. The second kappa shape index (κ2) is 10.2. The Morgan fingerprint density at radius 3 is 2.38 bits per heavy atom. The van der Waals surface area contributed by atoms with E-state index in [1.807, 2.05) is 20.8 Å². The van der Waals surface area contributed by atoms with E-state index in [9.17, 15) is 4.79 Å². The minimum absolute atomic E-state index is 0.0230. The molecule has 1 amide bonds. The zero-order valence-corrected chi connectivity index (χ0v) is 17.8. The molecule has 0 saturated carbocycles. The zero-order chi connectivity index (χ0) is 20.6. The molecule has 0 aliphatic carbocycles. The fourth-order valence-corrected chi connectivity index (χ4v) is 3.61. The van der Waals surface area contributed by atoms with Crippen molar-refractivity contribution in [3.8, 4) is 0 Å². The standard InChI is InChI=1S/C22H32N6O/c1-4-23-20-19(21(29)27(5-2)6-3)16-24-22(25-20)28-14-12-26(13-15-28)17-18-10-8-7-9-11-18/h7-11,16H,4-6,12-15,17H2,1-3H3,(H,23,24,25). The first-order valence-electron chi connectivity index (χ1n) is 10.6. The normalized spacial score (nSPS) is 14.7. The van der Waals surface area contributed by atoms with Crippen molar-refractivity contribution in [2.45, 2.75) is 27.3 Å². The van der Waals surface area contributed by atoms with Crippen LogP contribution in [-0.4, -0.2) is 71.5 Å². The van der Waals surface area contributed by atoms with E-state index in [0.29, 0.717) is 37.0 Å². The first kappa shape index (κ1) is 21.0. The van der Waals surface area contributed by atoms with Gasteiger partial charge in [-0.25, -0.2) is 4.98 Å². The van der Waals surface area contributed by atoms with Gasteiger partial charge in [0.15, 0.2) is 0 Å². The zero-order valence-electron chi connectivity index (χ0n) is 17.8. The molecule has 1 aliphatic rings. The van der Waals surface area contributed by atoms with Crippen LogP contribution in [0.15, 0.2) is 36.5 Å². The predicted molar refractivity (Wildman–Crippen MR) is 117 cm³/mol. The molecule has 1 N–H and O–H groups in total. The van der Waals surface area contributed by atoms with Gasteiger partial charge in [0.1, 0.15) is 11.4 Å².